The van der Waals surface area contributed by atoms with Gasteiger partial charge in [0.2, 0.25) is 0 Å². The van der Waals surface area contributed by atoms with Crippen molar-refractivity contribution in [2.45, 2.75) is 18.9 Å². The summed E-state index contributed by atoms with van der Waals surface area (Å²) in [6, 6.07) is 7.19. The molecule has 1 aliphatic heterocycles. The molecule has 1 aromatic carbocycles. The fourth-order valence-electron chi connectivity index (χ4n) is 1.97. The number of amides is 1. The molecule has 0 saturated carbocycles. The maximum Gasteiger partial charge on any atom is 0.252 e. The third kappa shape index (κ3) is 3.94. The number of likely N-dealkylation sites (N-methyl/N-ethyl adjacent to an activating group) is 1. The topological polar surface area (TPSA) is 64.8 Å². The average molecular weight is 264 g/mol. The maximum absolute atomic E-state index is 12.0. The molecule has 0 radical (unpaired) electrons. The van der Waals surface area contributed by atoms with Crippen molar-refractivity contribution in [3.8, 4) is 0 Å². The Morgan fingerprint density at radius 1 is 1.37 bits per heavy atom. The minimum absolute atomic E-state index is 0.0590. The number of hydrogen-bond acceptors (Lipinski definition) is 4. The van der Waals surface area contributed by atoms with Crippen LogP contribution in [0.2, 0.25) is 0 Å². The quantitative estimate of drug-likeness (QED) is 0.835. The minimum Gasteiger partial charge on any atom is -0.399 e. The van der Waals surface area contributed by atoms with Gasteiger partial charge in [0.15, 0.2) is 0 Å². The van der Waals surface area contributed by atoms with Gasteiger partial charge in [0.05, 0.1) is 6.10 Å². The summed E-state index contributed by atoms with van der Waals surface area (Å²) < 4.78 is 10.9. The van der Waals surface area contributed by atoms with E-state index in [1.54, 1.807) is 24.1 Å². The van der Waals surface area contributed by atoms with Crippen molar-refractivity contribution >= 4 is 17.3 Å². The van der Waals surface area contributed by atoms with Gasteiger partial charge in [0.25, 0.3) is 5.91 Å². The fourth-order valence-corrected chi connectivity index (χ4v) is 1.97. The van der Waals surface area contributed by atoms with Gasteiger partial charge in [0.1, 0.15) is 6.61 Å². The molecule has 1 aromatic rings. The molecule has 1 saturated heterocycles. The van der Waals surface area contributed by atoms with Crippen LogP contribution in [0.15, 0.2) is 24.3 Å². The number of ether oxygens (including phenoxy) is 2. The van der Waals surface area contributed by atoms with E-state index in [1.165, 1.54) is 0 Å². The van der Waals surface area contributed by atoms with Gasteiger partial charge in [-0.2, -0.15) is 0 Å². The van der Waals surface area contributed by atoms with Crippen LogP contribution in [0.5, 0.6) is 0 Å². The van der Waals surface area contributed by atoms with Gasteiger partial charge in [-0.3, -0.25) is 4.79 Å². The lowest BCUT2D eigenvalue weighted by atomic mass is 10.1. The molecule has 1 heterocycles. The number of carbonyl (C=O) groups excluding carboxylic acids is 1. The number of anilines is 2. The van der Waals surface area contributed by atoms with Gasteiger partial charge in [-0.05, 0) is 37.1 Å². The van der Waals surface area contributed by atoms with Crippen LogP contribution in [0, 0.1) is 0 Å². The summed E-state index contributed by atoms with van der Waals surface area (Å²) in [5, 5.41) is 0. The monoisotopic (exact) mass is 264 g/mol. The highest BCUT2D eigenvalue weighted by molar-refractivity contribution is 5.93. The smallest absolute Gasteiger partial charge is 0.252 e. The largest absolute Gasteiger partial charge is 0.399 e. The molecule has 1 fully saturated rings. The van der Waals surface area contributed by atoms with E-state index in [0.29, 0.717) is 18.9 Å². The van der Waals surface area contributed by atoms with Crippen LogP contribution in [0.25, 0.3) is 0 Å². The van der Waals surface area contributed by atoms with Gasteiger partial charge < -0.3 is 20.1 Å². The Labute approximate surface area is 113 Å². The summed E-state index contributed by atoms with van der Waals surface area (Å²) in [5.74, 6) is -0.0590. The summed E-state index contributed by atoms with van der Waals surface area (Å²) in [6.07, 6.45) is 1.86. The average Bonchev–Trinajstić information content (AvgIpc) is 2.46. The van der Waals surface area contributed by atoms with Crippen LogP contribution >= 0.6 is 0 Å². The summed E-state index contributed by atoms with van der Waals surface area (Å²) >= 11 is 0. The highest BCUT2D eigenvalue weighted by atomic mass is 16.5. The Bertz CT molecular complexity index is 413. The number of nitrogens with zero attached hydrogens (tertiary/aromatic N) is 1. The first-order valence-electron chi connectivity index (χ1n) is 6.48. The zero-order valence-electron chi connectivity index (χ0n) is 11.2. The summed E-state index contributed by atoms with van der Waals surface area (Å²) in [6.45, 7) is 1.53. The minimum atomic E-state index is -0.0590. The molecular weight excluding hydrogens is 244 g/mol. The molecule has 0 aromatic heterocycles. The van der Waals surface area contributed by atoms with E-state index >= 15 is 0 Å². The number of benzene rings is 1. The normalized spacial score (nSPS) is 16.3. The molecule has 5 heteroatoms. The van der Waals surface area contributed by atoms with E-state index in [2.05, 4.69) is 0 Å². The third-order valence-corrected chi connectivity index (χ3v) is 3.27. The van der Waals surface area contributed by atoms with Crippen LogP contribution in [0.4, 0.5) is 11.4 Å². The standard InChI is InChI=1S/C14H20N2O3/c1-16(12-4-2-11(15)3-5-12)14(17)10-19-13-6-8-18-9-7-13/h2-5,13H,6-10,15H2,1H3. The summed E-state index contributed by atoms with van der Waals surface area (Å²) in [7, 11) is 1.74. The van der Waals surface area contributed by atoms with Crippen LogP contribution in [0.3, 0.4) is 0 Å². The van der Waals surface area contributed by atoms with E-state index in [0.717, 1.165) is 18.5 Å². The molecule has 2 rings (SSSR count). The number of nitrogen functional groups attached to an aromatic ring is 1. The zero-order chi connectivity index (χ0) is 13.7. The van der Waals surface area contributed by atoms with Crippen molar-refractivity contribution in [2.24, 2.45) is 0 Å². The fraction of sp³-hybridized carbons (Fsp3) is 0.500. The molecule has 0 spiro atoms. The Morgan fingerprint density at radius 3 is 2.63 bits per heavy atom. The lowest BCUT2D eigenvalue weighted by Crippen LogP contribution is -2.33. The van der Waals surface area contributed by atoms with Crippen LogP contribution in [-0.4, -0.2) is 38.9 Å². The summed E-state index contributed by atoms with van der Waals surface area (Å²) in [5.41, 5.74) is 7.12. The zero-order valence-corrected chi connectivity index (χ0v) is 11.2. The van der Waals surface area contributed by atoms with E-state index in [9.17, 15) is 4.79 Å². The van der Waals surface area contributed by atoms with Gasteiger partial charge in [-0.1, -0.05) is 0 Å². The second-order valence-electron chi connectivity index (χ2n) is 4.67. The molecule has 0 atom stereocenters. The van der Waals surface area contributed by atoms with Crippen molar-refractivity contribution in [3.63, 3.8) is 0 Å². The second-order valence-corrected chi connectivity index (χ2v) is 4.67. The molecule has 1 aliphatic rings. The van der Waals surface area contributed by atoms with Crippen molar-refractivity contribution in [3.05, 3.63) is 24.3 Å². The maximum atomic E-state index is 12.0. The molecule has 1 amide bonds. The van der Waals surface area contributed by atoms with Crippen LogP contribution in [-0.2, 0) is 14.3 Å². The first-order valence-corrected chi connectivity index (χ1v) is 6.48. The van der Waals surface area contributed by atoms with Crippen LogP contribution in [0.1, 0.15) is 12.8 Å². The van der Waals surface area contributed by atoms with E-state index in [4.69, 9.17) is 15.2 Å². The second kappa shape index (κ2) is 6.54. The number of carbonyl (C=O) groups is 1. The molecule has 19 heavy (non-hydrogen) atoms. The van der Waals surface area contributed by atoms with Gasteiger partial charge in [0, 0.05) is 31.6 Å². The van der Waals surface area contributed by atoms with E-state index in [-0.39, 0.29) is 18.6 Å². The molecule has 0 unspecified atom stereocenters. The molecule has 104 valence electrons. The highest BCUT2D eigenvalue weighted by Gasteiger charge is 2.17. The Balaban J connectivity index is 1.83. The van der Waals surface area contributed by atoms with E-state index in [1.807, 2.05) is 12.1 Å². The van der Waals surface area contributed by atoms with E-state index < -0.39 is 0 Å². The predicted octanol–water partition coefficient (Wildman–Crippen LogP) is 1.43. The van der Waals surface area contributed by atoms with Crippen molar-refractivity contribution in [2.75, 3.05) is 37.5 Å². The number of nitrogens with two attached hydrogens (primary N) is 1. The third-order valence-electron chi connectivity index (χ3n) is 3.27. The predicted molar refractivity (Wildman–Crippen MR) is 74.1 cm³/mol. The number of hydrogen-bond donors (Lipinski definition) is 1. The molecule has 2 N–H and O–H groups in total. The Kier molecular flexibility index (Phi) is 4.76. The molecule has 5 nitrogen and oxygen atoms in total. The Morgan fingerprint density at radius 2 is 2.00 bits per heavy atom. The molecule has 0 bridgehead atoms. The van der Waals surface area contributed by atoms with Gasteiger partial charge in [-0.25, -0.2) is 0 Å². The van der Waals surface area contributed by atoms with Crippen LogP contribution < -0.4 is 10.6 Å². The highest BCUT2D eigenvalue weighted by Crippen LogP contribution is 2.16. The van der Waals surface area contributed by atoms with Crippen molar-refractivity contribution in [1.82, 2.24) is 0 Å². The van der Waals surface area contributed by atoms with Crippen molar-refractivity contribution in [1.29, 1.82) is 0 Å². The molecule has 0 aliphatic carbocycles. The first-order chi connectivity index (χ1) is 9.16. The SMILES string of the molecule is CN(C(=O)COC1CCOCC1)c1ccc(N)cc1. The lowest BCUT2D eigenvalue weighted by molar-refractivity contribution is -0.127. The van der Waals surface area contributed by atoms with Gasteiger partial charge >= 0.3 is 0 Å². The first kappa shape index (κ1) is 13.8. The Hall–Kier alpha value is -1.59. The lowest BCUT2D eigenvalue weighted by Gasteiger charge is -2.24. The van der Waals surface area contributed by atoms with Gasteiger partial charge in [-0.15, -0.1) is 0 Å². The molecular formula is C14H20N2O3. The summed E-state index contributed by atoms with van der Waals surface area (Å²) in [4.78, 5) is 13.6. The number of rotatable bonds is 4. The van der Waals surface area contributed by atoms with Crippen molar-refractivity contribution < 1.29 is 14.3 Å².